The van der Waals surface area contributed by atoms with Crippen LogP contribution in [0.4, 0.5) is 0 Å². The summed E-state index contributed by atoms with van der Waals surface area (Å²) in [6.45, 7) is 5.87. The molecular formula is C13H18O2. The summed E-state index contributed by atoms with van der Waals surface area (Å²) in [6.07, 6.45) is 0.446. The number of carbonyl (C=O) groups is 1. The van der Waals surface area contributed by atoms with Crippen LogP contribution < -0.4 is 4.74 Å². The Labute approximate surface area is 91.3 Å². The highest BCUT2D eigenvalue weighted by molar-refractivity contribution is 5.79. The lowest BCUT2D eigenvalue weighted by Crippen LogP contribution is -2.00. The van der Waals surface area contributed by atoms with Gasteiger partial charge in [0.25, 0.3) is 0 Å². The van der Waals surface area contributed by atoms with Crippen LogP contribution >= 0.6 is 0 Å². The van der Waals surface area contributed by atoms with Gasteiger partial charge in [-0.25, -0.2) is 0 Å². The molecule has 0 aliphatic rings. The van der Waals surface area contributed by atoms with Crippen LogP contribution in [0, 0.1) is 0 Å². The Morgan fingerprint density at radius 1 is 1.40 bits per heavy atom. The van der Waals surface area contributed by atoms with Crippen LogP contribution in [-0.4, -0.2) is 12.9 Å². The molecule has 0 fully saturated rings. The largest absolute Gasteiger partial charge is 0.496 e. The molecule has 0 aliphatic carbocycles. The maximum atomic E-state index is 11.0. The van der Waals surface area contributed by atoms with Crippen molar-refractivity contribution in [2.75, 3.05) is 7.11 Å². The molecule has 0 radical (unpaired) electrons. The molecule has 0 N–H and O–H groups in total. The van der Waals surface area contributed by atoms with E-state index in [0.29, 0.717) is 12.3 Å². The van der Waals surface area contributed by atoms with Gasteiger partial charge in [0.2, 0.25) is 0 Å². The second-order valence-corrected chi connectivity index (χ2v) is 4.10. The van der Waals surface area contributed by atoms with Gasteiger partial charge in [0.15, 0.2) is 0 Å². The number of ketones is 1. The van der Waals surface area contributed by atoms with Gasteiger partial charge in [0, 0.05) is 12.0 Å². The van der Waals surface area contributed by atoms with Crippen LogP contribution in [0.15, 0.2) is 18.2 Å². The van der Waals surface area contributed by atoms with Crippen molar-refractivity contribution in [2.24, 2.45) is 0 Å². The highest BCUT2D eigenvalue weighted by Gasteiger charge is 2.08. The Hall–Kier alpha value is -1.31. The predicted molar refractivity (Wildman–Crippen MR) is 61.5 cm³/mol. The minimum Gasteiger partial charge on any atom is -0.496 e. The minimum absolute atomic E-state index is 0.158. The lowest BCUT2D eigenvalue weighted by Gasteiger charge is -2.11. The first kappa shape index (κ1) is 11.8. The standard InChI is InChI=1S/C13H18O2/c1-9(2)11-5-6-12(7-10(3)14)13(8-11)15-4/h5-6,8-9H,7H2,1-4H3. The van der Waals surface area contributed by atoms with Gasteiger partial charge in [0.05, 0.1) is 7.11 Å². The molecule has 0 atom stereocenters. The third-order valence-electron chi connectivity index (χ3n) is 2.42. The molecule has 2 nitrogen and oxygen atoms in total. The van der Waals surface area contributed by atoms with E-state index in [1.54, 1.807) is 14.0 Å². The molecule has 1 aromatic rings. The van der Waals surface area contributed by atoms with Gasteiger partial charge in [-0.1, -0.05) is 26.0 Å². The summed E-state index contributed by atoms with van der Waals surface area (Å²) in [6, 6.07) is 6.06. The molecule has 15 heavy (non-hydrogen) atoms. The average Bonchev–Trinajstić information content (AvgIpc) is 2.17. The SMILES string of the molecule is COc1cc(C(C)C)ccc1CC(C)=O. The number of benzene rings is 1. The second-order valence-electron chi connectivity index (χ2n) is 4.10. The van der Waals surface area contributed by atoms with Crippen molar-refractivity contribution in [2.45, 2.75) is 33.1 Å². The van der Waals surface area contributed by atoms with E-state index < -0.39 is 0 Å². The number of rotatable bonds is 4. The third-order valence-corrected chi connectivity index (χ3v) is 2.42. The molecule has 0 spiro atoms. The number of hydrogen-bond acceptors (Lipinski definition) is 2. The maximum absolute atomic E-state index is 11.0. The van der Waals surface area contributed by atoms with Crippen LogP contribution in [-0.2, 0) is 11.2 Å². The van der Waals surface area contributed by atoms with Gasteiger partial charge in [-0.2, -0.15) is 0 Å². The molecule has 0 saturated carbocycles. The molecule has 0 bridgehead atoms. The lowest BCUT2D eigenvalue weighted by atomic mass is 9.99. The van der Waals surface area contributed by atoms with Gasteiger partial charge >= 0.3 is 0 Å². The Balaban J connectivity index is 3.03. The second kappa shape index (κ2) is 4.96. The molecule has 82 valence electrons. The van der Waals surface area contributed by atoms with E-state index in [4.69, 9.17) is 4.74 Å². The van der Waals surface area contributed by atoms with Crippen molar-refractivity contribution < 1.29 is 9.53 Å². The van der Waals surface area contributed by atoms with Crippen molar-refractivity contribution in [3.63, 3.8) is 0 Å². The van der Waals surface area contributed by atoms with Gasteiger partial charge in [-0.05, 0) is 24.5 Å². The Kier molecular flexibility index (Phi) is 3.89. The van der Waals surface area contributed by atoms with Crippen molar-refractivity contribution in [1.29, 1.82) is 0 Å². The van der Waals surface area contributed by atoms with Crippen LogP contribution in [0.1, 0.15) is 37.8 Å². The van der Waals surface area contributed by atoms with Crippen LogP contribution in [0.3, 0.4) is 0 Å². The molecule has 0 aromatic heterocycles. The smallest absolute Gasteiger partial charge is 0.134 e. The quantitative estimate of drug-likeness (QED) is 0.757. The predicted octanol–water partition coefficient (Wildman–Crippen LogP) is 2.95. The summed E-state index contributed by atoms with van der Waals surface area (Å²) >= 11 is 0. The highest BCUT2D eigenvalue weighted by Crippen LogP contribution is 2.25. The van der Waals surface area contributed by atoms with E-state index in [1.807, 2.05) is 12.1 Å². The van der Waals surface area contributed by atoms with Gasteiger partial charge in [-0.15, -0.1) is 0 Å². The fourth-order valence-corrected chi connectivity index (χ4v) is 1.53. The number of ether oxygens (including phenoxy) is 1. The van der Waals surface area contributed by atoms with Gasteiger partial charge < -0.3 is 4.74 Å². The van der Waals surface area contributed by atoms with Gasteiger partial charge in [0.1, 0.15) is 11.5 Å². The molecular weight excluding hydrogens is 188 g/mol. The lowest BCUT2D eigenvalue weighted by molar-refractivity contribution is -0.116. The average molecular weight is 206 g/mol. The molecule has 1 aromatic carbocycles. The molecule has 0 heterocycles. The summed E-state index contributed by atoms with van der Waals surface area (Å²) in [5.41, 5.74) is 2.20. The monoisotopic (exact) mass is 206 g/mol. The molecule has 0 amide bonds. The Bertz CT molecular complexity index is 354. The van der Waals surface area contributed by atoms with E-state index >= 15 is 0 Å². The number of methoxy groups -OCH3 is 1. The molecule has 0 aliphatic heterocycles. The first-order valence-electron chi connectivity index (χ1n) is 5.21. The zero-order valence-electron chi connectivity index (χ0n) is 9.83. The Morgan fingerprint density at radius 2 is 2.07 bits per heavy atom. The Morgan fingerprint density at radius 3 is 2.53 bits per heavy atom. The molecule has 0 unspecified atom stereocenters. The van der Waals surface area contributed by atoms with E-state index in [-0.39, 0.29) is 5.78 Å². The highest BCUT2D eigenvalue weighted by atomic mass is 16.5. The normalized spacial score (nSPS) is 10.5. The van der Waals surface area contributed by atoms with Crippen LogP contribution in [0.25, 0.3) is 0 Å². The van der Waals surface area contributed by atoms with Crippen molar-refractivity contribution in [3.8, 4) is 5.75 Å². The summed E-state index contributed by atoms with van der Waals surface area (Å²) in [7, 11) is 1.64. The summed E-state index contributed by atoms with van der Waals surface area (Å²) in [4.78, 5) is 11.0. The summed E-state index contributed by atoms with van der Waals surface area (Å²) in [5.74, 6) is 1.45. The van der Waals surface area contributed by atoms with Crippen LogP contribution in [0.2, 0.25) is 0 Å². The molecule has 1 rings (SSSR count). The zero-order valence-corrected chi connectivity index (χ0v) is 9.83. The van der Waals surface area contributed by atoms with E-state index in [0.717, 1.165) is 11.3 Å². The fraction of sp³-hybridized carbons (Fsp3) is 0.462. The topological polar surface area (TPSA) is 26.3 Å². The number of carbonyl (C=O) groups excluding carboxylic acids is 1. The van der Waals surface area contributed by atoms with Crippen molar-refractivity contribution >= 4 is 5.78 Å². The molecule has 2 heteroatoms. The summed E-state index contributed by atoms with van der Waals surface area (Å²) in [5, 5.41) is 0. The minimum atomic E-state index is 0.158. The van der Waals surface area contributed by atoms with Crippen molar-refractivity contribution in [1.82, 2.24) is 0 Å². The maximum Gasteiger partial charge on any atom is 0.134 e. The zero-order chi connectivity index (χ0) is 11.4. The van der Waals surface area contributed by atoms with E-state index in [1.165, 1.54) is 5.56 Å². The number of Topliss-reactive ketones (excluding diaryl/α,β-unsaturated/α-hetero) is 1. The summed E-state index contributed by atoms with van der Waals surface area (Å²) < 4.78 is 5.28. The van der Waals surface area contributed by atoms with E-state index in [2.05, 4.69) is 19.9 Å². The van der Waals surface area contributed by atoms with Crippen LogP contribution in [0.5, 0.6) is 5.75 Å². The first-order chi connectivity index (χ1) is 7.04. The van der Waals surface area contributed by atoms with Gasteiger partial charge in [-0.3, -0.25) is 4.79 Å². The first-order valence-corrected chi connectivity index (χ1v) is 5.21. The van der Waals surface area contributed by atoms with E-state index in [9.17, 15) is 4.79 Å². The third kappa shape index (κ3) is 3.08. The number of hydrogen-bond donors (Lipinski definition) is 0. The molecule has 0 saturated heterocycles. The fourth-order valence-electron chi connectivity index (χ4n) is 1.53. The van der Waals surface area contributed by atoms with Crippen molar-refractivity contribution in [3.05, 3.63) is 29.3 Å².